The van der Waals surface area contributed by atoms with Crippen LogP contribution in [0.5, 0.6) is 0 Å². The number of ether oxygens (including phenoxy) is 2. The minimum Gasteiger partial charge on any atom is -0.457 e. The minimum atomic E-state index is -0.493. The van der Waals surface area contributed by atoms with Crippen molar-refractivity contribution in [1.82, 2.24) is 5.32 Å². The van der Waals surface area contributed by atoms with E-state index in [0.29, 0.717) is 23.1 Å². The number of carbonyl (C=O) groups is 2. The van der Waals surface area contributed by atoms with E-state index in [1.807, 2.05) is 12.1 Å². The number of anilines is 1. The van der Waals surface area contributed by atoms with Crippen molar-refractivity contribution in [2.45, 2.75) is 63.5 Å². The molecule has 1 aromatic heterocycles. The summed E-state index contributed by atoms with van der Waals surface area (Å²) in [5.74, 6) is 0.758. The number of halogens is 1. The van der Waals surface area contributed by atoms with Gasteiger partial charge in [-0.1, -0.05) is 32.1 Å². The first-order valence-corrected chi connectivity index (χ1v) is 12.0. The fourth-order valence-electron chi connectivity index (χ4n) is 5.54. The maximum absolute atomic E-state index is 13.0. The van der Waals surface area contributed by atoms with E-state index in [1.54, 1.807) is 12.1 Å². The van der Waals surface area contributed by atoms with Crippen molar-refractivity contribution in [1.29, 1.82) is 0 Å². The van der Waals surface area contributed by atoms with Gasteiger partial charge in [-0.25, -0.2) is 4.79 Å². The van der Waals surface area contributed by atoms with Gasteiger partial charge in [-0.15, -0.1) is 12.4 Å². The second kappa shape index (κ2) is 10.9. The maximum atomic E-state index is 13.0. The van der Waals surface area contributed by atoms with Crippen LogP contribution in [-0.4, -0.2) is 43.8 Å². The maximum Gasteiger partial charge on any atom is 0.374 e. The number of benzene rings is 1. The molecule has 1 aromatic carbocycles. The first-order chi connectivity index (χ1) is 15.7. The summed E-state index contributed by atoms with van der Waals surface area (Å²) in [6.45, 7) is 1.87. The molecule has 180 valence electrons. The molecule has 8 heteroatoms. The zero-order chi connectivity index (χ0) is 21.9. The molecular weight excluding hydrogens is 444 g/mol. The molecule has 1 unspecified atom stereocenters. The highest BCUT2D eigenvalue weighted by atomic mass is 35.5. The quantitative estimate of drug-likeness (QED) is 0.588. The van der Waals surface area contributed by atoms with E-state index in [0.717, 1.165) is 37.8 Å². The number of fused-ring (bicyclic) bond motifs is 1. The smallest absolute Gasteiger partial charge is 0.374 e. The highest BCUT2D eigenvalue weighted by Gasteiger charge is 2.38. The number of esters is 1. The molecule has 1 saturated carbocycles. The van der Waals surface area contributed by atoms with Crippen molar-refractivity contribution in [2.24, 2.45) is 11.8 Å². The molecule has 5 rings (SSSR count). The largest absolute Gasteiger partial charge is 0.457 e. The van der Waals surface area contributed by atoms with Crippen LogP contribution < -0.4 is 10.6 Å². The predicted octanol–water partition coefficient (Wildman–Crippen LogP) is 4.69. The van der Waals surface area contributed by atoms with Gasteiger partial charge in [-0.05, 0) is 61.9 Å². The first kappa shape index (κ1) is 24.0. The summed E-state index contributed by atoms with van der Waals surface area (Å²) in [6, 6.07) is 6.97. The van der Waals surface area contributed by atoms with Crippen molar-refractivity contribution in [3.63, 3.8) is 0 Å². The fraction of sp³-hybridized carbons (Fsp3) is 0.600. The lowest BCUT2D eigenvalue weighted by atomic mass is 9.76. The molecule has 1 amide bonds. The highest BCUT2D eigenvalue weighted by molar-refractivity contribution is 5.98. The molecule has 2 aliphatic heterocycles. The normalized spacial score (nSPS) is 25.6. The Morgan fingerprint density at radius 3 is 2.70 bits per heavy atom. The Bertz CT molecular complexity index is 965. The zero-order valence-corrected chi connectivity index (χ0v) is 19.7. The number of amides is 1. The van der Waals surface area contributed by atoms with E-state index in [2.05, 4.69) is 10.6 Å². The van der Waals surface area contributed by atoms with E-state index >= 15 is 0 Å². The number of nitrogens with one attached hydrogen (secondary N) is 2. The highest BCUT2D eigenvalue weighted by Crippen LogP contribution is 2.36. The summed E-state index contributed by atoms with van der Waals surface area (Å²) in [5.41, 5.74) is 1.30. The standard InChI is InChI=1S/C25H32N2O5.ClH/c28-24(23-20(10-11-26-23)16-5-2-1-3-6-16)27-18-8-9-21-17(13-18)14-22(32-21)25(29)31-15-19-7-4-12-30-19;/h8-9,13-14,16,19-20,23,26H,1-7,10-12,15H2,(H,27,28);1H/t19?,20-,23+;/m0./s1. The lowest BCUT2D eigenvalue weighted by Gasteiger charge is -2.30. The molecule has 3 heterocycles. The number of hydrogen-bond acceptors (Lipinski definition) is 6. The summed E-state index contributed by atoms with van der Waals surface area (Å²) in [6.07, 6.45) is 9.32. The molecule has 7 nitrogen and oxygen atoms in total. The van der Waals surface area contributed by atoms with Crippen LogP contribution in [0, 0.1) is 11.8 Å². The van der Waals surface area contributed by atoms with Crippen LogP contribution >= 0.6 is 12.4 Å². The summed E-state index contributed by atoms with van der Waals surface area (Å²) >= 11 is 0. The minimum absolute atomic E-state index is 0. The zero-order valence-electron chi connectivity index (χ0n) is 18.8. The van der Waals surface area contributed by atoms with Gasteiger partial charge in [0.25, 0.3) is 0 Å². The van der Waals surface area contributed by atoms with Crippen LogP contribution in [0.3, 0.4) is 0 Å². The third-order valence-corrected chi connectivity index (χ3v) is 7.22. The molecule has 3 atom stereocenters. The number of rotatable bonds is 6. The van der Waals surface area contributed by atoms with E-state index in [-0.39, 0.29) is 42.8 Å². The molecule has 0 spiro atoms. The Hall–Kier alpha value is -2.09. The van der Waals surface area contributed by atoms with Crippen LogP contribution in [0.2, 0.25) is 0 Å². The molecule has 1 aliphatic carbocycles. The van der Waals surface area contributed by atoms with Gasteiger partial charge in [0.15, 0.2) is 0 Å². The van der Waals surface area contributed by atoms with Gasteiger partial charge in [-0.2, -0.15) is 0 Å². The predicted molar refractivity (Wildman–Crippen MR) is 128 cm³/mol. The number of hydrogen-bond donors (Lipinski definition) is 2. The van der Waals surface area contributed by atoms with Crippen LogP contribution in [0.15, 0.2) is 28.7 Å². The lowest BCUT2D eigenvalue weighted by Crippen LogP contribution is -2.42. The van der Waals surface area contributed by atoms with Gasteiger partial charge < -0.3 is 24.5 Å². The monoisotopic (exact) mass is 476 g/mol. The molecule has 2 saturated heterocycles. The SMILES string of the molecule is Cl.O=C(OCC1CCCO1)c1cc2cc(NC(=O)[C@@H]3NCC[C@H]3C3CCCCC3)ccc2o1. The molecule has 0 radical (unpaired) electrons. The Labute approximate surface area is 200 Å². The van der Waals surface area contributed by atoms with Crippen LogP contribution in [-0.2, 0) is 14.3 Å². The fourth-order valence-corrected chi connectivity index (χ4v) is 5.54. The van der Waals surface area contributed by atoms with Crippen molar-refractivity contribution < 1.29 is 23.5 Å². The van der Waals surface area contributed by atoms with Crippen LogP contribution in [0.25, 0.3) is 11.0 Å². The first-order valence-electron chi connectivity index (χ1n) is 12.0. The Morgan fingerprint density at radius 1 is 1.06 bits per heavy atom. The van der Waals surface area contributed by atoms with Crippen LogP contribution in [0.4, 0.5) is 5.69 Å². The number of furan rings is 1. The Balaban J connectivity index is 0.00000259. The van der Waals surface area contributed by atoms with Crippen molar-refractivity contribution in [3.05, 3.63) is 30.0 Å². The summed E-state index contributed by atoms with van der Waals surface area (Å²) in [5, 5.41) is 7.24. The van der Waals surface area contributed by atoms with Gasteiger partial charge in [0.1, 0.15) is 12.2 Å². The van der Waals surface area contributed by atoms with Crippen LogP contribution in [0.1, 0.15) is 61.9 Å². The Morgan fingerprint density at radius 2 is 1.91 bits per heavy atom. The molecule has 0 bridgehead atoms. The number of carbonyl (C=O) groups excluding carboxylic acids is 2. The topological polar surface area (TPSA) is 89.8 Å². The average molecular weight is 477 g/mol. The van der Waals surface area contributed by atoms with Gasteiger partial charge in [-0.3, -0.25) is 4.79 Å². The summed E-state index contributed by atoms with van der Waals surface area (Å²) in [4.78, 5) is 25.4. The molecule has 2 aromatic rings. The van der Waals surface area contributed by atoms with E-state index < -0.39 is 5.97 Å². The van der Waals surface area contributed by atoms with Gasteiger partial charge >= 0.3 is 5.97 Å². The second-order valence-electron chi connectivity index (χ2n) is 9.37. The summed E-state index contributed by atoms with van der Waals surface area (Å²) in [7, 11) is 0. The van der Waals surface area contributed by atoms with Gasteiger partial charge in [0.05, 0.1) is 12.1 Å². The van der Waals surface area contributed by atoms with Gasteiger partial charge in [0, 0.05) is 17.7 Å². The molecule has 33 heavy (non-hydrogen) atoms. The Kier molecular flexibility index (Phi) is 7.94. The molecule has 3 aliphatic rings. The van der Waals surface area contributed by atoms with E-state index in [9.17, 15) is 9.59 Å². The van der Waals surface area contributed by atoms with Crippen molar-refractivity contribution in [3.8, 4) is 0 Å². The van der Waals surface area contributed by atoms with E-state index in [1.165, 1.54) is 32.1 Å². The third-order valence-electron chi connectivity index (χ3n) is 7.22. The third kappa shape index (κ3) is 5.53. The molecular formula is C25H33ClN2O5. The van der Waals surface area contributed by atoms with Crippen molar-refractivity contribution >= 4 is 40.9 Å². The second-order valence-corrected chi connectivity index (χ2v) is 9.37. The van der Waals surface area contributed by atoms with E-state index in [4.69, 9.17) is 13.9 Å². The average Bonchev–Trinajstić information content (AvgIpc) is 3.58. The molecule has 3 fully saturated rings. The van der Waals surface area contributed by atoms with Crippen molar-refractivity contribution in [2.75, 3.05) is 25.1 Å². The summed E-state index contributed by atoms with van der Waals surface area (Å²) < 4.78 is 16.5. The molecule has 2 N–H and O–H groups in total. The van der Waals surface area contributed by atoms with Gasteiger partial charge in [0.2, 0.25) is 11.7 Å². The lowest BCUT2D eigenvalue weighted by molar-refractivity contribution is -0.119.